The topological polar surface area (TPSA) is 75.4 Å². The molecule has 1 aromatic heterocycles. The van der Waals surface area contributed by atoms with E-state index in [0.29, 0.717) is 18.1 Å². The summed E-state index contributed by atoms with van der Waals surface area (Å²) in [5.41, 5.74) is 1.95. The summed E-state index contributed by atoms with van der Waals surface area (Å²) in [5, 5.41) is 2.95. The van der Waals surface area contributed by atoms with Crippen LogP contribution >= 0.6 is 0 Å². The third kappa shape index (κ3) is 2.52. The van der Waals surface area contributed by atoms with E-state index in [1.54, 1.807) is 6.20 Å². The number of benzene rings is 2. The summed E-state index contributed by atoms with van der Waals surface area (Å²) in [4.78, 5) is 31.5. The van der Waals surface area contributed by atoms with Crippen molar-refractivity contribution in [2.75, 3.05) is 0 Å². The van der Waals surface area contributed by atoms with Gasteiger partial charge >= 0.3 is 6.03 Å². The fourth-order valence-corrected chi connectivity index (χ4v) is 4.21. The number of rotatable bonds is 3. The molecule has 0 radical (unpaired) electrons. The molecule has 1 spiro atoms. The maximum absolute atomic E-state index is 13.3. The molecule has 1 unspecified atom stereocenters. The van der Waals surface area contributed by atoms with Crippen LogP contribution in [0.2, 0.25) is 0 Å². The summed E-state index contributed by atoms with van der Waals surface area (Å²) < 4.78 is 5.79. The molecule has 3 aromatic rings. The summed E-state index contributed by atoms with van der Waals surface area (Å²) in [5.74, 6) is 0.716. The molecular formula is C22H19N3O3. The van der Waals surface area contributed by atoms with E-state index in [0.717, 1.165) is 29.5 Å². The van der Waals surface area contributed by atoms with E-state index in [-0.39, 0.29) is 12.5 Å². The lowest BCUT2D eigenvalue weighted by Crippen LogP contribution is -2.46. The van der Waals surface area contributed by atoms with Gasteiger partial charge in [0.25, 0.3) is 5.91 Å². The van der Waals surface area contributed by atoms with Gasteiger partial charge in [0, 0.05) is 5.56 Å². The standard InChI is InChI=1S/C22H19N3O3/c26-20-22(12-6-10-15-7-4-5-11-17(15)22)24-21(27)25(20)14-19-23-13-18(28-19)16-8-2-1-3-9-16/h1-5,7-9,11,13H,6,10,12,14H2,(H,24,27). The third-order valence-electron chi connectivity index (χ3n) is 5.56. The Morgan fingerprint density at radius 3 is 2.71 bits per heavy atom. The van der Waals surface area contributed by atoms with Gasteiger partial charge in [-0.3, -0.25) is 9.69 Å². The lowest BCUT2D eigenvalue weighted by Gasteiger charge is -2.33. The number of urea groups is 1. The van der Waals surface area contributed by atoms with Crippen molar-refractivity contribution in [2.24, 2.45) is 0 Å². The minimum absolute atomic E-state index is 0.0153. The Kier molecular flexibility index (Phi) is 3.79. The molecular weight excluding hydrogens is 354 g/mol. The summed E-state index contributed by atoms with van der Waals surface area (Å²) in [6, 6.07) is 17.0. The number of oxazole rings is 1. The van der Waals surface area contributed by atoms with Gasteiger partial charge in [0.1, 0.15) is 12.1 Å². The first kappa shape index (κ1) is 16.7. The molecule has 3 amide bonds. The van der Waals surface area contributed by atoms with Crippen LogP contribution in [0.15, 0.2) is 65.2 Å². The number of aryl methyl sites for hydroxylation is 1. The highest BCUT2D eigenvalue weighted by atomic mass is 16.4. The number of amides is 3. The van der Waals surface area contributed by atoms with Gasteiger partial charge in [-0.1, -0.05) is 54.6 Å². The van der Waals surface area contributed by atoms with Crippen LogP contribution in [0.5, 0.6) is 0 Å². The third-order valence-corrected chi connectivity index (χ3v) is 5.56. The molecule has 2 aromatic carbocycles. The van der Waals surface area contributed by atoms with Crippen molar-refractivity contribution in [1.82, 2.24) is 15.2 Å². The second-order valence-corrected chi connectivity index (χ2v) is 7.22. The molecule has 1 N–H and O–H groups in total. The number of nitrogens with one attached hydrogen (secondary N) is 1. The monoisotopic (exact) mass is 373 g/mol. The highest BCUT2D eigenvalue weighted by Crippen LogP contribution is 2.40. The predicted octanol–water partition coefficient (Wildman–Crippen LogP) is 3.63. The molecule has 140 valence electrons. The Hall–Kier alpha value is -3.41. The van der Waals surface area contributed by atoms with Crippen molar-refractivity contribution >= 4 is 11.9 Å². The van der Waals surface area contributed by atoms with Crippen LogP contribution in [-0.4, -0.2) is 21.8 Å². The molecule has 2 heterocycles. The molecule has 28 heavy (non-hydrogen) atoms. The molecule has 1 fully saturated rings. The van der Waals surface area contributed by atoms with E-state index in [4.69, 9.17) is 4.42 Å². The SMILES string of the molecule is O=C1NC2(CCCc3ccccc32)C(=O)N1Cc1ncc(-c2ccccc2)o1. The van der Waals surface area contributed by atoms with Gasteiger partial charge in [-0.05, 0) is 30.4 Å². The Bertz CT molecular complexity index is 1060. The average molecular weight is 373 g/mol. The molecule has 0 saturated carbocycles. The summed E-state index contributed by atoms with van der Waals surface area (Å²) >= 11 is 0. The van der Waals surface area contributed by atoms with E-state index in [1.807, 2.05) is 54.6 Å². The molecule has 6 nitrogen and oxygen atoms in total. The van der Waals surface area contributed by atoms with Crippen LogP contribution in [-0.2, 0) is 23.3 Å². The maximum atomic E-state index is 13.3. The molecule has 1 atom stereocenters. The fraction of sp³-hybridized carbons (Fsp3) is 0.227. The van der Waals surface area contributed by atoms with Crippen molar-refractivity contribution in [2.45, 2.75) is 31.3 Å². The first-order chi connectivity index (χ1) is 13.7. The number of aromatic nitrogens is 1. The molecule has 0 bridgehead atoms. The first-order valence-corrected chi connectivity index (χ1v) is 9.40. The summed E-state index contributed by atoms with van der Waals surface area (Å²) in [7, 11) is 0. The Morgan fingerprint density at radius 1 is 1.07 bits per heavy atom. The normalized spacial score (nSPS) is 21.1. The number of nitrogens with zero attached hydrogens (tertiary/aromatic N) is 2. The summed E-state index contributed by atoms with van der Waals surface area (Å²) in [6.45, 7) is 0.0153. The second-order valence-electron chi connectivity index (χ2n) is 7.22. The quantitative estimate of drug-likeness (QED) is 0.712. The Balaban J connectivity index is 1.43. The number of carbonyl (C=O) groups excluding carboxylic acids is 2. The Labute approximate surface area is 162 Å². The highest BCUT2D eigenvalue weighted by Gasteiger charge is 2.54. The van der Waals surface area contributed by atoms with Crippen molar-refractivity contribution in [3.63, 3.8) is 0 Å². The van der Waals surface area contributed by atoms with Crippen LogP contribution in [0.4, 0.5) is 4.79 Å². The smallest absolute Gasteiger partial charge is 0.325 e. The van der Waals surface area contributed by atoms with Crippen molar-refractivity contribution in [3.8, 4) is 11.3 Å². The van der Waals surface area contributed by atoms with Crippen LogP contribution in [0, 0.1) is 0 Å². The second kappa shape index (κ2) is 6.34. The van der Waals surface area contributed by atoms with Crippen LogP contribution in [0.1, 0.15) is 29.9 Å². The molecule has 1 aliphatic heterocycles. The number of fused-ring (bicyclic) bond motifs is 2. The molecule has 5 rings (SSSR count). The van der Waals surface area contributed by atoms with Crippen LogP contribution in [0.3, 0.4) is 0 Å². The molecule has 1 aliphatic carbocycles. The van der Waals surface area contributed by atoms with Gasteiger partial charge in [-0.15, -0.1) is 0 Å². The van der Waals surface area contributed by atoms with Gasteiger partial charge in [0.05, 0.1) is 6.20 Å². The number of hydrogen-bond acceptors (Lipinski definition) is 4. The zero-order chi connectivity index (χ0) is 19.1. The van der Waals surface area contributed by atoms with Crippen molar-refractivity contribution in [1.29, 1.82) is 0 Å². The lowest BCUT2D eigenvalue weighted by molar-refractivity contribution is -0.132. The average Bonchev–Trinajstić information content (AvgIpc) is 3.29. The van der Waals surface area contributed by atoms with Crippen molar-refractivity contribution < 1.29 is 14.0 Å². The largest absolute Gasteiger partial charge is 0.439 e. The Morgan fingerprint density at radius 2 is 1.86 bits per heavy atom. The molecule has 1 saturated heterocycles. The molecule has 6 heteroatoms. The summed E-state index contributed by atoms with van der Waals surface area (Å²) in [6.07, 6.45) is 4.00. The van der Waals surface area contributed by atoms with E-state index in [1.165, 1.54) is 4.90 Å². The van der Waals surface area contributed by atoms with Crippen LogP contribution < -0.4 is 5.32 Å². The number of carbonyl (C=O) groups is 2. The molecule has 2 aliphatic rings. The first-order valence-electron chi connectivity index (χ1n) is 9.40. The van der Waals surface area contributed by atoms with E-state index in [2.05, 4.69) is 10.3 Å². The van der Waals surface area contributed by atoms with Crippen LogP contribution in [0.25, 0.3) is 11.3 Å². The van der Waals surface area contributed by atoms with E-state index >= 15 is 0 Å². The highest BCUT2D eigenvalue weighted by molar-refractivity contribution is 6.07. The van der Waals surface area contributed by atoms with Gasteiger partial charge in [0.2, 0.25) is 5.89 Å². The zero-order valence-electron chi connectivity index (χ0n) is 15.2. The number of imide groups is 1. The van der Waals surface area contributed by atoms with Gasteiger partial charge < -0.3 is 9.73 Å². The minimum Gasteiger partial charge on any atom is -0.439 e. The van der Waals surface area contributed by atoms with Gasteiger partial charge in [0.15, 0.2) is 5.76 Å². The fourth-order valence-electron chi connectivity index (χ4n) is 4.21. The van der Waals surface area contributed by atoms with Crippen molar-refractivity contribution in [3.05, 3.63) is 77.8 Å². The number of hydrogen-bond donors (Lipinski definition) is 1. The lowest BCUT2D eigenvalue weighted by atomic mass is 9.76. The minimum atomic E-state index is -0.971. The van der Waals surface area contributed by atoms with E-state index in [9.17, 15) is 9.59 Å². The van der Waals surface area contributed by atoms with E-state index < -0.39 is 11.6 Å². The predicted molar refractivity (Wildman–Crippen MR) is 102 cm³/mol. The maximum Gasteiger partial charge on any atom is 0.325 e. The van der Waals surface area contributed by atoms with Gasteiger partial charge in [-0.25, -0.2) is 9.78 Å². The zero-order valence-corrected chi connectivity index (χ0v) is 15.2. The van der Waals surface area contributed by atoms with Gasteiger partial charge in [-0.2, -0.15) is 0 Å².